The van der Waals surface area contributed by atoms with Gasteiger partial charge in [-0.15, -0.1) is 0 Å². The number of anilines is 2. The number of rotatable bonds is 7. The van der Waals surface area contributed by atoms with Gasteiger partial charge in [-0.3, -0.25) is 14.4 Å². The van der Waals surface area contributed by atoms with E-state index in [1.165, 1.54) is 0 Å². The average Bonchev–Trinajstić information content (AvgIpc) is 2.65. The van der Waals surface area contributed by atoms with Crippen LogP contribution < -0.4 is 10.6 Å². The van der Waals surface area contributed by atoms with Crippen LogP contribution in [0, 0.1) is 6.92 Å². The minimum absolute atomic E-state index is 0.101. The first-order valence-electron chi connectivity index (χ1n) is 8.73. The number of hydrogen-bond donors (Lipinski definition) is 2. The molecule has 0 fully saturated rings. The predicted molar refractivity (Wildman–Crippen MR) is 105 cm³/mol. The molecule has 0 saturated heterocycles. The maximum Gasteiger partial charge on any atom is 0.416 e. The second kappa shape index (κ2) is 10.1. The normalized spacial score (nSPS) is 11.0. The van der Waals surface area contributed by atoms with Crippen molar-refractivity contribution in [3.05, 3.63) is 58.6 Å². The molecule has 0 atom stereocenters. The third-order valence-corrected chi connectivity index (χ3v) is 4.12. The quantitative estimate of drug-likeness (QED) is 0.615. The van der Waals surface area contributed by atoms with Gasteiger partial charge in [-0.2, -0.15) is 13.2 Å². The van der Waals surface area contributed by atoms with Crippen molar-refractivity contribution in [2.45, 2.75) is 25.9 Å². The average molecular weight is 443 g/mol. The Labute approximate surface area is 175 Å². The molecule has 0 radical (unpaired) electrons. The van der Waals surface area contributed by atoms with Crippen LogP contribution in [0.5, 0.6) is 0 Å². The highest BCUT2D eigenvalue weighted by atomic mass is 35.5. The fourth-order valence-corrected chi connectivity index (χ4v) is 2.53. The molecule has 0 heterocycles. The Balaban J connectivity index is 1.78. The van der Waals surface area contributed by atoms with E-state index >= 15 is 0 Å². The Hall–Kier alpha value is -3.07. The molecule has 0 saturated carbocycles. The highest BCUT2D eigenvalue weighted by Gasteiger charge is 2.31. The number of halogens is 4. The Morgan fingerprint density at radius 3 is 2.40 bits per heavy atom. The van der Waals surface area contributed by atoms with E-state index in [9.17, 15) is 27.6 Å². The minimum atomic E-state index is -4.60. The molecule has 160 valence electrons. The van der Waals surface area contributed by atoms with Crippen LogP contribution in [0.2, 0.25) is 5.02 Å². The number of amides is 2. The Bertz CT molecular complexity index is 948. The van der Waals surface area contributed by atoms with E-state index in [2.05, 4.69) is 10.6 Å². The summed E-state index contributed by atoms with van der Waals surface area (Å²) in [5, 5.41) is 4.68. The molecule has 2 rings (SSSR count). The van der Waals surface area contributed by atoms with E-state index in [0.717, 1.165) is 17.7 Å². The lowest BCUT2D eigenvalue weighted by Gasteiger charge is -2.12. The summed E-state index contributed by atoms with van der Waals surface area (Å²) in [7, 11) is 0. The van der Waals surface area contributed by atoms with Gasteiger partial charge in [-0.1, -0.05) is 23.7 Å². The molecule has 0 aromatic heterocycles. The Morgan fingerprint density at radius 2 is 1.73 bits per heavy atom. The smallest absolute Gasteiger partial charge is 0.416 e. The standard InChI is InChI=1S/C20H18ClF3N2O4/c1-12-3-2-4-14(9-12)25-17(27)7-8-19(29)30-11-18(28)26-16-10-13(20(22,23)24)5-6-15(16)21/h2-6,9-10H,7-8,11H2,1H3,(H,25,27)(H,26,28). The first-order valence-corrected chi connectivity index (χ1v) is 9.11. The molecule has 0 spiro atoms. The van der Waals surface area contributed by atoms with Gasteiger partial charge in [-0.25, -0.2) is 0 Å². The lowest BCUT2D eigenvalue weighted by molar-refractivity contribution is -0.147. The van der Waals surface area contributed by atoms with Crippen molar-refractivity contribution in [2.75, 3.05) is 17.2 Å². The molecule has 0 bridgehead atoms. The highest BCUT2D eigenvalue weighted by Crippen LogP contribution is 2.33. The highest BCUT2D eigenvalue weighted by molar-refractivity contribution is 6.33. The van der Waals surface area contributed by atoms with Crippen molar-refractivity contribution in [3.8, 4) is 0 Å². The largest absolute Gasteiger partial charge is 0.456 e. The molecule has 30 heavy (non-hydrogen) atoms. The third kappa shape index (κ3) is 7.40. The fourth-order valence-electron chi connectivity index (χ4n) is 2.36. The van der Waals surface area contributed by atoms with Crippen molar-refractivity contribution >= 4 is 40.8 Å². The summed E-state index contributed by atoms with van der Waals surface area (Å²) in [4.78, 5) is 35.4. The minimum Gasteiger partial charge on any atom is -0.456 e. The zero-order valence-electron chi connectivity index (χ0n) is 15.8. The number of nitrogens with one attached hydrogen (secondary N) is 2. The molecule has 2 N–H and O–H groups in total. The van der Waals surface area contributed by atoms with Gasteiger partial charge in [0.15, 0.2) is 6.61 Å². The molecule has 2 aromatic rings. The fraction of sp³-hybridized carbons (Fsp3) is 0.250. The number of alkyl halides is 3. The molecular weight excluding hydrogens is 425 g/mol. The lowest BCUT2D eigenvalue weighted by atomic mass is 10.2. The van der Waals surface area contributed by atoms with Gasteiger partial charge in [0.2, 0.25) is 5.91 Å². The monoisotopic (exact) mass is 442 g/mol. The second-order valence-corrected chi connectivity index (χ2v) is 6.73. The molecule has 0 unspecified atom stereocenters. The van der Waals surface area contributed by atoms with Crippen LogP contribution in [-0.2, 0) is 25.3 Å². The van der Waals surface area contributed by atoms with E-state index in [4.69, 9.17) is 16.3 Å². The van der Waals surface area contributed by atoms with Crippen molar-refractivity contribution in [2.24, 2.45) is 0 Å². The van der Waals surface area contributed by atoms with Gasteiger partial charge in [0.05, 0.1) is 22.7 Å². The number of benzene rings is 2. The zero-order chi connectivity index (χ0) is 22.3. The summed E-state index contributed by atoms with van der Waals surface area (Å²) in [6.45, 7) is 1.13. The van der Waals surface area contributed by atoms with E-state index < -0.39 is 36.1 Å². The Morgan fingerprint density at radius 1 is 1.00 bits per heavy atom. The maximum atomic E-state index is 12.7. The molecule has 6 nitrogen and oxygen atoms in total. The van der Waals surface area contributed by atoms with Crippen LogP contribution in [0.15, 0.2) is 42.5 Å². The van der Waals surface area contributed by atoms with Crippen LogP contribution in [-0.4, -0.2) is 24.4 Å². The number of carbonyl (C=O) groups is 3. The third-order valence-electron chi connectivity index (χ3n) is 3.79. The van der Waals surface area contributed by atoms with Gasteiger partial charge in [0.1, 0.15) is 0 Å². The summed E-state index contributed by atoms with van der Waals surface area (Å²) in [6, 6.07) is 9.56. The van der Waals surface area contributed by atoms with Crippen LogP contribution in [0.1, 0.15) is 24.0 Å². The maximum absolute atomic E-state index is 12.7. The number of hydrogen-bond acceptors (Lipinski definition) is 4. The summed E-state index contributed by atoms with van der Waals surface area (Å²) >= 11 is 5.78. The van der Waals surface area contributed by atoms with E-state index in [1.54, 1.807) is 18.2 Å². The van der Waals surface area contributed by atoms with Gasteiger partial charge in [-0.05, 0) is 42.8 Å². The summed E-state index contributed by atoms with van der Waals surface area (Å²) in [6.07, 6.45) is -5.03. The van der Waals surface area contributed by atoms with Crippen LogP contribution in [0.25, 0.3) is 0 Å². The van der Waals surface area contributed by atoms with Gasteiger partial charge in [0, 0.05) is 12.1 Å². The number of aryl methyl sites for hydroxylation is 1. The summed E-state index contributed by atoms with van der Waals surface area (Å²) in [5.41, 5.74) is 0.300. The van der Waals surface area contributed by atoms with Crippen molar-refractivity contribution < 1.29 is 32.3 Å². The van der Waals surface area contributed by atoms with Gasteiger partial charge >= 0.3 is 12.1 Å². The number of ether oxygens (including phenoxy) is 1. The van der Waals surface area contributed by atoms with Crippen molar-refractivity contribution in [1.82, 2.24) is 0 Å². The van der Waals surface area contributed by atoms with E-state index in [-0.39, 0.29) is 23.6 Å². The molecular formula is C20H18ClF3N2O4. The molecule has 2 amide bonds. The topological polar surface area (TPSA) is 84.5 Å². The zero-order valence-corrected chi connectivity index (χ0v) is 16.6. The van der Waals surface area contributed by atoms with E-state index in [1.807, 2.05) is 13.0 Å². The van der Waals surface area contributed by atoms with Crippen LogP contribution in [0.4, 0.5) is 24.5 Å². The van der Waals surface area contributed by atoms with Crippen LogP contribution >= 0.6 is 11.6 Å². The van der Waals surface area contributed by atoms with Crippen LogP contribution in [0.3, 0.4) is 0 Å². The molecule has 0 aliphatic rings. The van der Waals surface area contributed by atoms with Crippen molar-refractivity contribution in [1.29, 1.82) is 0 Å². The number of carbonyl (C=O) groups excluding carboxylic acids is 3. The number of esters is 1. The first-order chi connectivity index (χ1) is 14.0. The first kappa shape index (κ1) is 23.2. The SMILES string of the molecule is Cc1cccc(NC(=O)CCC(=O)OCC(=O)Nc2cc(C(F)(F)F)ccc2Cl)c1. The van der Waals surface area contributed by atoms with Crippen molar-refractivity contribution in [3.63, 3.8) is 0 Å². The molecule has 10 heteroatoms. The predicted octanol–water partition coefficient (Wildman–Crippen LogP) is 4.57. The summed E-state index contributed by atoms with van der Waals surface area (Å²) in [5.74, 6) is -2.08. The Kier molecular flexibility index (Phi) is 7.82. The molecule has 0 aliphatic carbocycles. The molecule has 2 aromatic carbocycles. The van der Waals surface area contributed by atoms with E-state index in [0.29, 0.717) is 11.8 Å². The lowest BCUT2D eigenvalue weighted by Crippen LogP contribution is -2.22. The van der Waals surface area contributed by atoms with Gasteiger partial charge < -0.3 is 15.4 Å². The second-order valence-electron chi connectivity index (χ2n) is 6.32. The molecule has 0 aliphatic heterocycles. The van der Waals surface area contributed by atoms with Gasteiger partial charge in [0.25, 0.3) is 5.91 Å². The summed E-state index contributed by atoms with van der Waals surface area (Å²) < 4.78 is 43.0.